The van der Waals surface area contributed by atoms with Gasteiger partial charge in [0, 0.05) is 0 Å². The summed E-state index contributed by atoms with van der Waals surface area (Å²) >= 11 is 1.51. The largest absolute Gasteiger partial charge is 0.320 e. The first kappa shape index (κ1) is 7.31. The number of carbonyl (C=O) groups excluding carboxylic acids is 1. The van der Waals surface area contributed by atoms with E-state index in [1.807, 2.05) is 0 Å². The SMILES string of the molecule is NC1(C2=NC(=O)CS2)CCC1. The first-order chi connectivity index (χ1) is 5.21. The molecule has 1 amide bonds. The highest BCUT2D eigenvalue weighted by atomic mass is 32.2. The predicted octanol–water partition coefficient (Wildman–Crippen LogP) is 0.540. The molecule has 0 bridgehead atoms. The number of hydrogen-bond acceptors (Lipinski definition) is 3. The lowest BCUT2D eigenvalue weighted by Gasteiger charge is -2.37. The van der Waals surface area contributed by atoms with Crippen LogP contribution in [0.25, 0.3) is 0 Å². The number of carbonyl (C=O) groups is 1. The first-order valence-electron chi connectivity index (χ1n) is 3.74. The summed E-state index contributed by atoms with van der Waals surface area (Å²) in [4.78, 5) is 14.7. The second-order valence-electron chi connectivity index (χ2n) is 3.11. The van der Waals surface area contributed by atoms with E-state index < -0.39 is 0 Å². The van der Waals surface area contributed by atoms with Gasteiger partial charge in [-0.2, -0.15) is 0 Å². The number of nitrogens with two attached hydrogens (primary N) is 1. The van der Waals surface area contributed by atoms with Crippen LogP contribution in [0.3, 0.4) is 0 Å². The molecule has 0 aromatic rings. The first-order valence-corrected chi connectivity index (χ1v) is 4.73. The van der Waals surface area contributed by atoms with Gasteiger partial charge in [0.2, 0.25) is 0 Å². The minimum absolute atomic E-state index is 0.0262. The van der Waals surface area contributed by atoms with Crippen molar-refractivity contribution in [1.29, 1.82) is 0 Å². The maximum absolute atomic E-state index is 10.8. The third-order valence-corrected chi connectivity index (χ3v) is 3.39. The smallest absolute Gasteiger partial charge is 0.256 e. The Kier molecular flexibility index (Phi) is 1.54. The Morgan fingerprint density at radius 3 is 2.64 bits per heavy atom. The van der Waals surface area contributed by atoms with Crippen molar-refractivity contribution in [1.82, 2.24) is 0 Å². The molecule has 1 fully saturated rings. The normalized spacial score (nSPS) is 28.1. The molecule has 1 heterocycles. The summed E-state index contributed by atoms with van der Waals surface area (Å²) in [6, 6.07) is 0. The summed E-state index contributed by atoms with van der Waals surface area (Å²) in [5.41, 5.74) is 5.74. The van der Waals surface area contributed by atoms with Gasteiger partial charge in [-0.05, 0) is 19.3 Å². The minimum atomic E-state index is -0.225. The second-order valence-corrected chi connectivity index (χ2v) is 4.07. The molecular formula is C7H10N2OS. The zero-order valence-electron chi connectivity index (χ0n) is 6.17. The molecular weight excluding hydrogens is 160 g/mol. The third-order valence-electron chi connectivity index (χ3n) is 2.23. The Labute approximate surface area is 69.4 Å². The number of hydrogen-bond donors (Lipinski definition) is 1. The lowest BCUT2D eigenvalue weighted by Crippen LogP contribution is -2.52. The van der Waals surface area contributed by atoms with Crippen molar-refractivity contribution in [3.8, 4) is 0 Å². The fraction of sp³-hybridized carbons (Fsp3) is 0.714. The standard InChI is InChI=1S/C7H10N2OS/c8-7(2-1-3-7)6-9-5(10)4-11-6/h1-4,8H2. The van der Waals surface area contributed by atoms with Crippen molar-refractivity contribution >= 4 is 22.7 Å². The van der Waals surface area contributed by atoms with Crippen LogP contribution in [0.4, 0.5) is 0 Å². The lowest BCUT2D eigenvalue weighted by atomic mass is 9.78. The summed E-state index contributed by atoms with van der Waals surface area (Å²) < 4.78 is 0. The summed E-state index contributed by atoms with van der Waals surface area (Å²) in [5.74, 6) is 0.468. The molecule has 0 aromatic heterocycles. The lowest BCUT2D eigenvalue weighted by molar-refractivity contribution is -0.115. The van der Waals surface area contributed by atoms with E-state index in [0.717, 1.165) is 17.9 Å². The van der Waals surface area contributed by atoms with Crippen molar-refractivity contribution in [2.45, 2.75) is 24.8 Å². The maximum Gasteiger partial charge on any atom is 0.256 e. The van der Waals surface area contributed by atoms with E-state index in [-0.39, 0.29) is 11.4 Å². The van der Waals surface area contributed by atoms with E-state index in [1.165, 1.54) is 18.2 Å². The van der Waals surface area contributed by atoms with Gasteiger partial charge in [-0.25, -0.2) is 4.99 Å². The fourth-order valence-electron chi connectivity index (χ4n) is 1.33. The molecule has 0 aromatic carbocycles. The minimum Gasteiger partial charge on any atom is -0.320 e. The monoisotopic (exact) mass is 170 g/mol. The summed E-state index contributed by atoms with van der Waals surface area (Å²) in [5, 5.41) is 0.869. The van der Waals surface area contributed by atoms with Crippen LogP contribution in [0, 0.1) is 0 Å². The van der Waals surface area contributed by atoms with E-state index in [1.54, 1.807) is 0 Å². The molecule has 0 unspecified atom stereocenters. The van der Waals surface area contributed by atoms with Gasteiger partial charge in [-0.15, -0.1) is 0 Å². The van der Waals surface area contributed by atoms with Crippen LogP contribution in [0.1, 0.15) is 19.3 Å². The Morgan fingerprint density at radius 2 is 2.27 bits per heavy atom. The topological polar surface area (TPSA) is 55.4 Å². The quantitative estimate of drug-likeness (QED) is 0.625. The molecule has 1 aliphatic heterocycles. The zero-order chi connectivity index (χ0) is 7.90. The maximum atomic E-state index is 10.8. The molecule has 1 aliphatic carbocycles. The van der Waals surface area contributed by atoms with Crippen molar-refractivity contribution in [2.24, 2.45) is 10.7 Å². The highest BCUT2D eigenvalue weighted by Crippen LogP contribution is 2.36. The molecule has 2 N–H and O–H groups in total. The van der Waals surface area contributed by atoms with Gasteiger partial charge in [0.25, 0.3) is 5.91 Å². The highest BCUT2D eigenvalue weighted by Gasteiger charge is 2.40. The van der Waals surface area contributed by atoms with E-state index in [2.05, 4.69) is 4.99 Å². The van der Waals surface area contributed by atoms with Crippen LogP contribution >= 0.6 is 11.8 Å². The molecule has 0 radical (unpaired) electrons. The van der Waals surface area contributed by atoms with Crippen molar-refractivity contribution in [3.63, 3.8) is 0 Å². The predicted molar refractivity (Wildman–Crippen MR) is 45.7 cm³/mol. The number of thioether (sulfide) groups is 1. The molecule has 11 heavy (non-hydrogen) atoms. The Balaban J connectivity index is 2.16. The van der Waals surface area contributed by atoms with E-state index in [4.69, 9.17) is 5.73 Å². The molecule has 60 valence electrons. The van der Waals surface area contributed by atoms with Crippen molar-refractivity contribution in [3.05, 3.63) is 0 Å². The van der Waals surface area contributed by atoms with Crippen molar-refractivity contribution in [2.75, 3.05) is 5.75 Å². The van der Waals surface area contributed by atoms with Gasteiger partial charge in [0.15, 0.2) is 0 Å². The Morgan fingerprint density at radius 1 is 1.55 bits per heavy atom. The average Bonchev–Trinajstić information content (AvgIpc) is 2.31. The summed E-state index contributed by atoms with van der Waals surface area (Å²) in [6.07, 6.45) is 3.16. The van der Waals surface area contributed by atoms with Crippen LogP contribution in [0.2, 0.25) is 0 Å². The average molecular weight is 170 g/mol. The molecule has 0 spiro atoms. The van der Waals surface area contributed by atoms with Crippen LogP contribution in [-0.4, -0.2) is 22.2 Å². The third kappa shape index (κ3) is 1.10. The Hall–Kier alpha value is -0.350. The highest BCUT2D eigenvalue weighted by molar-refractivity contribution is 8.15. The molecule has 3 nitrogen and oxygen atoms in total. The van der Waals surface area contributed by atoms with Gasteiger partial charge >= 0.3 is 0 Å². The zero-order valence-corrected chi connectivity index (χ0v) is 6.99. The number of aliphatic imine (C=N–C) groups is 1. The molecule has 0 atom stereocenters. The van der Waals surface area contributed by atoms with E-state index >= 15 is 0 Å². The molecule has 4 heteroatoms. The van der Waals surface area contributed by atoms with Gasteiger partial charge < -0.3 is 5.73 Å². The second kappa shape index (κ2) is 2.32. The van der Waals surface area contributed by atoms with Crippen LogP contribution < -0.4 is 5.73 Å². The summed E-state index contributed by atoms with van der Waals surface area (Å²) in [6.45, 7) is 0. The number of rotatable bonds is 1. The Bertz CT molecular complexity index is 233. The van der Waals surface area contributed by atoms with Gasteiger partial charge in [0.1, 0.15) is 0 Å². The van der Waals surface area contributed by atoms with Crippen LogP contribution in [-0.2, 0) is 4.79 Å². The van der Waals surface area contributed by atoms with Gasteiger partial charge in [-0.3, -0.25) is 4.79 Å². The number of nitrogens with zero attached hydrogens (tertiary/aromatic N) is 1. The molecule has 1 saturated carbocycles. The fourth-order valence-corrected chi connectivity index (χ4v) is 2.32. The van der Waals surface area contributed by atoms with Crippen LogP contribution in [0.15, 0.2) is 4.99 Å². The molecule has 2 rings (SSSR count). The van der Waals surface area contributed by atoms with Crippen LogP contribution in [0.5, 0.6) is 0 Å². The molecule has 0 saturated heterocycles. The van der Waals surface area contributed by atoms with Crippen molar-refractivity contribution < 1.29 is 4.79 Å². The van der Waals surface area contributed by atoms with E-state index in [9.17, 15) is 4.79 Å². The number of amides is 1. The van der Waals surface area contributed by atoms with Gasteiger partial charge in [-0.1, -0.05) is 11.8 Å². The van der Waals surface area contributed by atoms with E-state index in [0.29, 0.717) is 5.75 Å². The van der Waals surface area contributed by atoms with Gasteiger partial charge in [0.05, 0.1) is 16.3 Å². The molecule has 2 aliphatic rings. The summed E-state index contributed by atoms with van der Waals surface area (Å²) in [7, 11) is 0.